The fourth-order valence-electron chi connectivity index (χ4n) is 0.964. The van der Waals surface area contributed by atoms with E-state index in [0.29, 0.717) is 19.6 Å². The van der Waals surface area contributed by atoms with Gasteiger partial charge in [0.25, 0.3) is 0 Å². The van der Waals surface area contributed by atoms with Crippen LogP contribution in [0, 0.1) is 0 Å². The molecule has 0 saturated heterocycles. The van der Waals surface area contributed by atoms with Crippen LogP contribution in [0.4, 0.5) is 0 Å². The van der Waals surface area contributed by atoms with Crippen LogP contribution < -0.4 is 0 Å². The first kappa shape index (κ1) is 17.2. The minimum atomic E-state index is 0.0694. The molecule has 0 aliphatic heterocycles. The molecule has 94 valence electrons. The van der Waals surface area contributed by atoms with Gasteiger partial charge in [0.15, 0.2) is 0 Å². The fraction of sp³-hybridized carbons (Fsp3) is 1.00. The molecule has 5 nitrogen and oxygen atoms in total. The lowest BCUT2D eigenvalue weighted by atomic mass is 10.4. The molecule has 0 amide bonds. The lowest BCUT2D eigenvalue weighted by molar-refractivity contribution is 0.136. The van der Waals surface area contributed by atoms with Crippen molar-refractivity contribution >= 4 is 0 Å². The van der Waals surface area contributed by atoms with E-state index in [4.69, 9.17) is 20.1 Å². The maximum atomic E-state index is 8.48. The highest BCUT2D eigenvalue weighted by atomic mass is 16.5. The molecule has 0 aromatic carbocycles. The first-order valence-corrected chi connectivity index (χ1v) is 5.39. The van der Waals surface area contributed by atoms with Crippen LogP contribution in [0.3, 0.4) is 0 Å². The summed E-state index contributed by atoms with van der Waals surface area (Å²) in [5.41, 5.74) is 0. The maximum absolute atomic E-state index is 8.48. The van der Waals surface area contributed by atoms with Gasteiger partial charge in [-0.2, -0.15) is 0 Å². The van der Waals surface area contributed by atoms with Gasteiger partial charge in [-0.05, 0) is 13.8 Å². The van der Waals surface area contributed by atoms with E-state index in [1.54, 1.807) is 4.90 Å². The normalized spacial score (nSPS) is 10.0. The Bertz CT molecular complexity index is 87.2. The van der Waals surface area contributed by atoms with E-state index in [0.717, 1.165) is 13.2 Å². The van der Waals surface area contributed by atoms with Gasteiger partial charge in [-0.25, -0.2) is 0 Å². The molecule has 0 aliphatic rings. The van der Waals surface area contributed by atoms with Crippen molar-refractivity contribution < 1.29 is 20.1 Å². The summed E-state index contributed by atoms with van der Waals surface area (Å²) in [7, 11) is 0. The minimum absolute atomic E-state index is 0.0694. The SMILES string of the molecule is CCOCC.OCCN(CCO)CCO. The summed E-state index contributed by atoms with van der Waals surface area (Å²) in [6, 6.07) is 0. The quantitative estimate of drug-likeness (QED) is 0.508. The molecule has 15 heavy (non-hydrogen) atoms. The van der Waals surface area contributed by atoms with Gasteiger partial charge in [0.2, 0.25) is 0 Å². The molecule has 0 saturated carbocycles. The molecule has 0 heterocycles. The zero-order chi connectivity index (χ0) is 11.9. The second-order valence-corrected chi connectivity index (χ2v) is 2.79. The van der Waals surface area contributed by atoms with Crippen molar-refractivity contribution in [2.45, 2.75) is 13.8 Å². The average molecular weight is 223 g/mol. The Morgan fingerprint density at radius 1 is 0.800 bits per heavy atom. The van der Waals surface area contributed by atoms with Crippen molar-refractivity contribution in [3.05, 3.63) is 0 Å². The number of rotatable bonds is 8. The monoisotopic (exact) mass is 223 g/mol. The Hall–Kier alpha value is -0.200. The van der Waals surface area contributed by atoms with E-state index in [1.165, 1.54) is 0 Å². The largest absolute Gasteiger partial charge is 0.395 e. The maximum Gasteiger partial charge on any atom is 0.0558 e. The zero-order valence-electron chi connectivity index (χ0n) is 9.85. The highest BCUT2D eigenvalue weighted by molar-refractivity contribution is 4.54. The number of hydrogen-bond acceptors (Lipinski definition) is 5. The van der Waals surface area contributed by atoms with E-state index in [1.807, 2.05) is 13.8 Å². The number of nitrogens with zero attached hydrogens (tertiary/aromatic N) is 1. The first-order chi connectivity index (χ1) is 7.26. The molecule has 5 heteroatoms. The molecule has 0 aliphatic carbocycles. The number of ether oxygens (including phenoxy) is 1. The highest BCUT2D eigenvalue weighted by Crippen LogP contribution is 1.84. The minimum Gasteiger partial charge on any atom is -0.395 e. The van der Waals surface area contributed by atoms with Crippen LogP contribution in [0.15, 0.2) is 0 Å². The van der Waals surface area contributed by atoms with Crippen molar-refractivity contribution in [3.8, 4) is 0 Å². The summed E-state index contributed by atoms with van der Waals surface area (Å²) < 4.78 is 4.83. The van der Waals surface area contributed by atoms with Gasteiger partial charge in [0, 0.05) is 32.8 Å². The van der Waals surface area contributed by atoms with Crippen molar-refractivity contribution in [2.24, 2.45) is 0 Å². The number of aliphatic hydroxyl groups excluding tert-OH is 3. The van der Waals surface area contributed by atoms with Crippen molar-refractivity contribution in [1.29, 1.82) is 0 Å². The van der Waals surface area contributed by atoms with Crippen molar-refractivity contribution in [3.63, 3.8) is 0 Å². The molecule has 3 N–H and O–H groups in total. The van der Waals surface area contributed by atoms with Gasteiger partial charge in [0.1, 0.15) is 0 Å². The molecule has 0 aromatic heterocycles. The second kappa shape index (κ2) is 16.2. The van der Waals surface area contributed by atoms with Crippen LogP contribution in [-0.2, 0) is 4.74 Å². The van der Waals surface area contributed by atoms with E-state index < -0.39 is 0 Å². The summed E-state index contributed by atoms with van der Waals surface area (Å²) >= 11 is 0. The second-order valence-electron chi connectivity index (χ2n) is 2.79. The predicted octanol–water partition coefficient (Wildman–Crippen LogP) is -0.692. The molecular formula is C10H25NO4. The summed E-state index contributed by atoms with van der Waals surface area (Å²) in [5.74, 6) is 0. The van der Waals surface area contributed by atoms with Gasteiger partial charge in [-0.3, -0.25) is 4.90 Å². The molecule has 0 atom stereocenters. The van der Waals surface area contributed by atoms with E-state index in [9.17, 15) is 0 Å². The standard InChI is InChI=1S/C6H15NO3.C4H10O/c8-4-1-7(2-5-9)3-6-10;1-3-5-4-2/h8-10H,1-6H2;3-4H2,1-2H3. The molecule has 0 rings (SSSR count). The Morgan fingerprint density at radius 2 is 1.13 bits per heavy atom. The van der Waals surface area contributed by atoms with Crippen LogP contribution in [0.1, 0.15) is 13.8 Å². The Kier molecular flexibility index (Phi) is 18.6. The lowest BCUT2D eigenvalue weighted by Gasteiger charge is -2.17. The van der Waals surface area contributed by atoms with Gasteiger partial charge < -0.3 is 20.1 Å². The van der Waals surface area contributed by atoms with Gasteiger partial charge >= 0.3 is 0 Å². The van der Waals surface area contributed by atoms with E-state index in [2.05, 4.69) is 0 Å². The van der Waals surface area contributed by atoms with Gasteiger partial charge in [0.05, 0.1) is 19.8 Å². The Balaban J connectivity index is 0. The van der Waals surface area contributed by atoms with E-state index >= 15 is 0 Å². The Labute approximate surface area is 92.3 Å². The molecule has 0 radical (unpaired) electrons. The van der Waals surface area contributed by atoms with Crippen LogP contribution in [-0.4, -0.2) is 72.9 Å². The van der Waals surface area contributed by atoms with Crippen molar-refractivity contribution in [1.82, 2.24) is 4.90 Å². The number of hydrogen-bond donors (Lipinski definition) is 3. The molecule has 0 bridgehead atoms. The average Bonchev–Trinajstić information content (AvgIpc) is 2.21. The van der Waals surface area contributed by atoms with Crippen LogP contribution in [0.5, 0.6) is 0 Å². The fourth-order valence-corrected chi connectivity index (χ4v) is 0.964. The zero-order valence-corrected chi connectivity index (χ0v) is 9.85. The summed E-state index contributed by atoms with van der Waals surface area (Å²) in [6.07, 6.45) is 0. The molecule has 0 aromatic rings. The molecular weight excluding hydrogens is 198 g/mol. The van der Waals surface area contributed by atoms with Crippen LogP contribution >= 0.6 is 0 Å². The topological polar surface area (TPSA) is 73.2 Å². The number of aliphatic hydroxyl groups is 3. The summed E-state index contributed by atoms with van der Waals surface area (Å²) in [6.45, 7) is 7.42. The van der Waals surface area contributed by atoms with Gasteiger partial charge in [-0.15, -0.1) is 0 Å². The third-order valence-electron chi connectivity index (χ3n) is 1.66. The third-order valence-corrected chi connectivity index (χ3v) is 1.66. The van der Waals surface area contributed by atoms with Crippen LogP contribution in [0.2, 0.25) is 0 Å². The molecule has 0 unspecified atom stereocenters. The summed E-state index contributed by atoms with van der Waals surface area (Å²) in [4.78, 5) is 1.79. The van der Waals surface area contributed by atoms with Crippen LogP contribution in [0.25, 0.3) is 0 Å². The smallest absolute Gasteiger partial charge is 0.0558 e. The van der Waals surface area contributed by atoms with Gasteiger partial charge in [-0.1, -0.05) is 0 Å². The third kappa shape index (κ3) is 16.5. The lowest BCUT2D eigenvalue weighted by Crippen LogP contribution is -2.32. The Morgan fingerprint density at radius 3 is 1.27 bits per heavy atom. The molecule has 0 spiro atoms. The van der Waals surface area contributed by atoms with Crippen molar-refractivity contribution in [2.75, 3.05) is 52.7 Å². The first-order valence-electron chi connectivity index (χ1n) is 5.39. The predicted molar refractivity (Wildman–Crippen MR) is 59.9 cm³/mol. The summed E-state index contributed by atoms with van der Waals surface area (Å²) in [5, 5.41) is 25.5. The molecule has 0 fully saturated rings. The highest BCUT2D eigenvalue weighted by Gasteiger charge is 2.00. The van der Waals surface area contributed by atoms with E-state index in [-0.39, 0.29) is 19.8 Å².